The van der Waals surface area contributed by atoms with Gasteiger partial charge >= 0.3 is 12.1 Å². The number of ether oxygens (including phenoxy) is 1. The summed E-state index contributed by atoms with van der Waals surface area (Å²) >= 11 is 0. The molecule has 3 rings (SSSR count). The molecule has 0 radical (unpaired) electrons. The highest BCUT2D eigenvalue weighted by Gasteiger charge is 2.35. The minimum absolute atomic E-state index is 0.0864. The number of carboxylic acids is 1. The predicted molar refractivity (Wildman–Crippen MR) is 101 cm³/mol. The second-order valence-electron chi connectivity index (χ2n) is 6.91. The predicted octanol–water partition coefficient (Wildman–Crippen LogP) is 3.14. The number of carboxylic acid groups (broad SMARTS) is 1. The third kappa shape index (κ3) is 3.80. The largest absolute Gasteiger partial charge is 0.480 e. The van der Waals surface area contributed by atoms with Crippen LogP contribution in [-0.4, -0.2) is 41.0 Å². The molecule has 2 aromatic rings. The Labute approximate surface area is 157 Å². The number of aliphatic hydroxyl groups is 1. The van der Waals surface area contributed by atoms with Gasteiger partial charge < -0.3 is 20.3 Å². The molecule has 0 saturated carbocycles. The molecule has 3 N–H and O–H groups in total. The molecule has 27 heavy (non-hydrogen) atoms. The SMILES string of the molecule is CC(CCCO)(NC(=O)OCC1c2ccccc2-c2ccccc21)C(=O)O. The molecule has 1 unspecified atom stereocenters. The first-order chi connectivity index (χ1) is 13.0. The Hall–Kier alpha value is -2.86. The molecule has 1 amide bonds. The summed E-state index contributed by atoms with van der Waals surface area (Å²) in [5.41, 5.74) is 2.95. The summed E-state index contributed by atoms with van der Waals surface area (Å²) in [6, 6.07) is 16.0. The van der Waals surface area contributed by atoms with E-state index in [0.717, 1.165) is 22.3 Å². The van der Waals surface area contributed by atoms with Gasteiger partial charge in [-0.1, -0.05) is 48.5 Å². The number of carbonyl (C=O) groups excluding carboxylic acids is 1. The van der Waals surface area contributed by atoms with E-state index in [4.69, 9.17) is 9.84 Å². The second kappa shape index (κ2) is 7.80. The number of fused-ring (bicyclic) bond motifs is 3. The minimum Gasteiger partial charge on any atom is -0.480 e. The highest BCUT2D eigenvalue weighted by atomic mass is 16.5. The average Bonchev–Trinajstić information content (AvgIpc) is 2.98. The zero-order chi connectivity index (χ0) is 19.4. The van der Waals surface area contributed by atoms with E-state index in [1.165, 1.54) is 6.92 Å². The van der Waals surface area contributed by atoms with Gasteiger partial charge in [0.1, 0.15) is 12.1 Å². The molecule has 0 fully saturated rings. The van der Waals surface area contributed by atoms with Crippen LogP contribution in [0.2, 0.25) is 0 Å². The highest BCUT2D eigenvalue weighted by Crippen LogP contribution is 2.44. The zero-order valence-electron chi connectivity index (χ0n) is 15.1. The van der Waals surface area contributed by atoms with Crippen LogP contribution in [0.4, 0.5) is 4.79 Å². The summed E-state index contributed by atoms with van der Waals surface area (Å²) < 4.78 is 5.39. The van der Waals surface area contributed by atoms with Crippen LogP contribution in [-0.2, 0) is 9.53 Å². The number of aliphatic hydroxyl groups excluding tert-OH is 1. The van der Waals surface area contributed by atoms with Gasteiger partial charge in [0, 0.05) is 12.5 Å². The quantitative estimate of drug-likeness (QED) is 0.697. The number of hydrogen-bond acceptors (Lipinski definition) is 4. The van der Waals surface area contributed by atoms with Crippen molar-refractivity contribution in [3.8, 4) is 11.1 Å². The molecule has 0 aromatic heterocycles. The lowest BCUT2D eigenvalue weighted by Crippen LogP contribution is -2.52. The molecule has 1 aliphatic rings. The second-order valence-corrected chi connectivity index (χ2v) is 6.91. The van der Waals surface area contributed by atoms with Gasteiger partial charge in [-0.25, -0.2) is 9.59 Å². The highest BCUT2D eigenvalue weighted by molar-refractivity contribution is 5.84. The number of hydrogen-bond donors (Lipinski definition) is 3. The third-order valence-corrected chi connectivity index (χ3v) is 5.03. The van der Waals surface area contributed by atoms with Crippen molar-refractivity contribution >= 4 is 12.1 Å². The lowest BCUT2D eigenvalue weighted by atomic mass is 9.96. The van der Waals surface area contributed by atoms with Crippen LogP contribution in [0.15, 0.2) is 48.5 Å². The molecule has 0 saturated heterocycles. The first kappa shape index (κ1) is 18.9. The van der Waals surface area contributed by atoms with Gasteiger partial charge in [0.2, 0.25) is 0 Å². The van der Waals surface area contributed by atoms with Gasteiger partial charge in [0.15, 0.2) is 0 Å². The topological polar surface area (TPSA) is 95.9 Å². The summed E-state index contributed by atoms with van der Waals surface area (Å²) in [5.74, 6) is -1.25. The molecule has 1 atom stereocenters. The smallest absolute Gasteiger partial charge is 0.408 e. The summed E-state index contributed by atoms with van der Waals surface area (Å²) in [5, 5.41) is 20.8. The lowest BCUT2D eigenvalue weighted by Gasteiger charge is -2.26. The molecular formula is C21H23NO5. The minimum atomic E-state index is -1.48. The fourth-order valence-corrected chi connectivity index (χ4v) is 3.52. The number of aliphatic carboxylic acids is 1. The zero-order valence-corrected chi connectivity index (χ0v) is 15.1. The van der Waals surface area contributed by atoms with E-state index in [0.29, 0.717) is 0 Å². The molecular weight excluding hydrogens is 346 g/mol. The standard InChI is InChI=1S/C21H23NO5/c1-21(19(24)25,11-6-12-23)22-20(26)27-13-18-16-9-4-2-7-14(16)15-8-3-5-10-17(15)18/h2-5,7-10,18,23H,6,11-13H2,1H3,(H,22,26)(H,24,25). The molecule has 0 heterocycles. The molecule has 0 bridgehead atoms. The van der Waals surface area contributed by atoms with Crippen molar-refractivity contribution in [3.63, 3.8) is 0 Å². The molecule has 2 aromatic carbocycles. The van der Waals surface area contributed by atoms with E-state index in [-0.39, 0.29) is 32.0 Å². The first-order valence-electron chi connectivity index (χ1n) is 8.93. The van der Waals surface area contributed by atoms with E-state index in [9.17, 15) is 14.7 Å². The molecule has 6 nitrogen and oxygen atoms in total. The number of benzene rings is 2. The molecule has 142 valence electrons. The maximum Gasteiger partial charge on any atom is 0.408 e. The van der Waals surface area contributed by atoms with E-state index in [1.807, 2.05) is 48.5 Å². The number of nitrogens with one attached hydrogen (secondary N) is 1. The van der Waals surface area contributed by atoms with Gasteiger partial charge in [0.05, 0.1) is 0 Å². The van der Waals surface area contributed by atoms with Gasteiger partial charge in [-0.15, -0.1) is 0 Å². The van der Waals surface area contributed by atoms with Crippen molar-refractivity contribution in [1.82, 2.24) is 5.32 Å². The summed E-state index contributed by atoms with van der Waals surface area (Å²) in [7, 11) is 0. The van der Waals surface area contributed by atoms with Crippen molar-refractivity contribution in [2.45, 2.75) is 31.2 Å². The Kier molecular flexibility index (Phi) is 5.46. The monoisotopic (exact) mass is 369 g/mol. The van der Waals surface area contributed by atoms with Crippen molar-refractivity contribution in [2.75, 3.05) is 13.2 Å². The van der Waals surface area contributed by atoms with Crippen LogP contribution in [0.1, 0.15) is 36.8 Å². The third-order valence-electron chi connectivity index (χ3n) is 5.03. The van der Waals surface area contributed by atoms with E-state index in [1.54, 1.807) is 0 Å². The number of carbonyl (C=O) groups is 2. The Bertz CT molecular complexity index is 804. The van der Waals surface area contributed by atoms with Gasteiger partial charge in [-0.05, 0) is 42.0 Å². The van der Waals surface area contributed by atoms with Crippen molar-refractivity contribution in [1.29, 1.82) is 0 Å². The van der Waals surface area contributed by atoms with E-state index in [2.05, 4.69) is 5.32 Å². The number of rotatable bonds is 7. The fourth-order valence-electron chi connectivity index (χ4n) is 3.52. The molecule has 6 heteroatoms. The Morgan fingerprint density at radius 1 is 1.07 bits per heavy atom. The van der Waals surface area contributed by atoms with Crippen LogP contribution in [0, 0.1) is 0 Å². The summed E-state index contributed by atoms with van der Waals surface area (Å²) in [6.07, 6.45) is -0.394. The first-order valence-corrected chi connectivity index (χ1v) is 8.93. The lowest BCUT2D eigenvalue weighted by molar-refractivity contribution is -0.144. The van der Waals surface area contributed by atoms with E-state index >= 15 is 0 Å². The normalized spacial score (nSPS) is 14.7. The molecule has 0 aliphatic heterocycles. The summed E-state index contributed by atoms with van der Waals surface area (Å²) in [6.45, 7) is 1.39. The van der Waals surface area contributed by atoms with Gasteiger partial charge in [-0.2, -0.15) is 0 Å². The van der Waals surface area contributed by atoms with Crippen LogP contribution >= 0.6 is 0 Å². The van der Waals surface area contributed by atoms with Crippen molar-refractivity contribution < 1.29 is 24.5 Å². The molecule has 0 spiro atoms. The van der Waals surface area contributed by atoms with E-state index < -0.39 is 17.6 Å². The average molecular weight is 369 g/mol. The van der Waals surface area contributed by atoms with Crippen molar-refractivity contribution in [2.24, 2.45) is 0 Å². The Morgan fingerprint density at radius 3 is 2.15 bits per heavy atom. The maximum atomic E-state index is 12.2. The van der Waals surface area contributed by atoms with Gasteiger partial charge in [0.25, 0.3) is 0 Å². The van der Waals surface area contributed by atoms with Crippen LogP contribution < -0.4 is 5.32 Å². The van der Waals surface area contributed by atoms with Crippen LogP contribution in [0.25, 0.3) is 11.1 Å². The van der Waals surface area contributed by atoms with Crippen LogP contribution in [0.5, 0.6) is 0 Å². The Balaban J connectivity index is 1.71. The maximum absolute atomic E-state index is 12.2. The van der Waals surface area contributed by atoms with Gasteiger partial charge in [-0.3, -0.25) is 0 Å². The van der Waals surface area contributed by atoms with Crippen LogP contribution in [0.3, 0.4) is 0 Å². The number of alkyl carbamates (subject to hydrolysis) is 1. The molecule has 1 aliphatic carbocycles. The number of amides is 1. The fraction of sp³-hybridized carbons (Fsp3) is 0.333. The Morgan fingerprint density at radius 2 is 1.63 bits per heavy atom. The summed E-state index contributed by atoms with van der Waals surface area (Å²) in [4.78, 5) is 23.7. The van der Waals surface area contributed by atoms with Crippen molar-refractivity contribution in [3.05, 3.63) is 59.7 Å².